The lowest BCUT2D eigenvalue weighted by Crippen LogP contribution is -2.53. The lowest BCUT2D eigenvalue weighted by atomic mass is 9.95. The Morgan fingerprint density at radius 2 is 1.71 bits per heavy atom. The second kappa shape index (κ2) is 16.1. The van der Waals surface area contributed by atoms with E-state index in [2.05, 4.69) is 5.32 Å². The van der Waals surface area contributed by atoms with Crippen molar-refractivity contribution in [3.05, 3.63) is 82.3 Å². The summed E-state index contributed by atoms with van der Waals surface area (Å²) in [5.41, 5.74) is 0.786. The van der Waals surface area contributed by atoms with Crippen molar-refractivity contribution in [2.75, 3.05) is 23.7 Å². The van der Waals surface area contributed by atoms with Crippen LogP contribution in [-0.2, 0) is 26.2 Å². The van der Waals surface area contributed by atoms with Gasteiger partial charge in [0.25, 0.3) is 10.0 Å². The molecule has 2 amide bonds. The molecular weight excluding hydrogens is 653 g/mol. The van der Waals surface area contributed by atoms with Crippen LogP contribution >= 0.6 is 35.0 Å². The molecule has 1 aliphatic carbocycles. The molecule has 1 aliphatic rings. The molecule has 0 aliphatic heterocycles. The monoisotopic (exact) mass is 691 g/mol. The van der Waals surface area contributed by atoms with Crippen molar-refractivity contribution in [1.29, 1.82) is 0 Å². The fourth-order valence-corrected chi connectivity index (χ4v) is 7.61. The summed E-state index contributed by atoms with van der Waals surface area (Å²) in [4.78, 5) is 30.2. The lowest BCUT2D eigenvalue weighted by Gasteiger charge is -2.33. The number of thioether (sulfide) groups is 1. The Morgan fingerprint density at radius 3 is 2.36 bits per heavy atom. The number of amides is 2. The van der Waals surface area contributed by atoms with Gasteiger partial charge in [0.2, 0.25) is 11.8 Å². The highest BCUT2D eigenvalue weighted by molar-refractivity contribution is 7.98. The molecule has 3 aromatic rings. The molecule has 1 saturated carbocycles. The van der Waals surface area contributed by atoms with Crippen LogP contribution in [-0.4, -0.2) is 56.6 Å². The Bertz CT molecular complexity index is 1580. The summed E-state index contributed by atoms with van der Waals surface area (Å²) in [6.07, 6.45) is 6.86. The van der Waals surface area contributed by atoms with Crippen LogP contribution in [0, 0.1) is 0 Å². The summed E-state index contributed by atoms with van der Waals surface area (Å²) >= 11 is 14.1. The van der Waals surface area contributed by atoms with Gasteiger partial charge in [-0.3, -0.25) is 13.9 Å². The summed E-state index contributed by atoms with van der Waals surface area (Å²) in [5.74, 6) is -0.576. The van der Waals surface area contributed by atoms with Gasteiger partial charge in [0.1, 0.15) is 18.3 Å². The van der Waals surface area contributed by atoms with E-state index in [9.17, 15) is 18.0 Å². The van der Waals surface area contributed by atoms with E-state index in [0.29, 0.717) is 28.0 Å². The minimum atomic E-state index is -4.25. The van der Waals surface area contributed by atoms with Crippen molar-refractivity contribution < 1.29 is 22.7 Å². The number of ether oxygens (including phenoxy) is 1. The van der Waals surface area contributed by atoms with E-state index in [-0.39, 0.29) is 29.1 Å². The number of para-hydroxylation sites is 2. The number of nitrogens with zero attached hydrogens (tertiary/aromatic N) is 2. The molecule has 0 aromatic heterocycles. The third kappa shape index (κ3) is 8.87. The molecular formula is C33H39Cl2N3O5S2. The number of rotatable bonds is 13. The van der Waals surface area contributed by atoms with Crippen molar-refractivity contribution >= 4 is 62.5 Å². The summed E-state index contributed by atoms with van der Waals surface area (Å²) in [6.45, 7) is 3.13. The maximum absolute atomic E-state index is 14.3. The van der Waals surface area contributed by atoms with Crippen LogP contribution in [0.3, 0.4) is 0 Å². The maximum atomic E-state index is 14.3. The Morgan fingerprint density at radius 1 is 1.02 bits per heavy atom. The SMILES string of the molecule is CCOc1ccccc1N(CC(=O)N(Cc1ccc(Cl)cc1Cl)C(C)C(=O)NC1CCCCC1)S(=O)(=O)c1ccc(SC)cc1. The number of carbonyl (C=O) groups is 2. The Labute approximate surface area is 280 Å². The van der Waals surface area contributed by atoms with Crippen molar-refractivity contribution in [2.45, 2.75) is 74.4 Å². The highest BCUT2D eigenvalue weighted by Crippen LogP contribution is 2.33. The highest BCUT2D eigenvalue weighted by Gasteiger charge is 2.34. The third-order valence-corrected chi connectivity index (χ3v) is 10.9. The van der Waals surface area contributed by atoms with Gasteiger partial charge in [-0.2, -0.15) is 0 Å². The summed E-state index contributed by atoms with van der Waals surface area (Å²) in [5, 5.41) is 3.87. The minimum Gasteiger partial charge on any atom is -0.492 e. The topological polar surface area (TPSA) is 96.0 Å². The molecule has 1 atom stereocenters. The van der Waals surface area contributed by atoms with E-state index < -0.39 is 28.5 Å². The third-order valence-electron chi connectivity index (χ3n) is 7.83. The summed E-state index contributed by atoms with van der Waals surface area (Å²) in [7, 11) is -4.25. The van der Waals surface area contributed by atoms with Gasteiger partial charge in [-0.1, -0.05) is 60.7 Å². The molecule has 1 N–H and O–H groups in total. The number of anilines is 1. The van der Waals surface area contributed by atoms with Gasteiger partial charge in [-0.15, -0.1) is 11.8 Å². The number of benzene rings is 3. The zero-order valence-electron chi connectivity index (χ0n) is 25.7. The molecule has 4 rings (SSSR count). The number of halogens is 2. The summed E-state index contributed by atoms with van der Waals surface area (Å²) in [6, 6.07) is 17.2. The second-order valence-corrected chi connectivity index (χ2v) is 14.5. The first-order valence-corrected chi connectivity index (χ1v) is 18.4. The van der Waals surface area contributed by atoms with E-state index in [0.717, 1.165) is 41.3 Å². The first-order valence-electron chi connectivity index (χ1n) is 15.0. The molecule has 1 unspecified atom stereocenters. The molecule has 8 nitrogen and oxygen atoms in total. The van der Waals surface area contributed by atoms with Crippen LogP contribution in [0.25, 0.3) is 0 Å². The first kappa shape index (κ1) is 34.9. The van der Waals surface area contributed by atoms with E-state index in [1.807, 2.05) is 6.26 Å². The van der Waals surface area contributed by atoms with Gasteiger partial charge in [0.05, 0.1) is 17.2 Å². The first-order chi connectivity index (χ1) is 21.5. The standard InChI is InChI=1S/C33H39Cl2N3O5S2/c1-4-43-31-13-9-8-12-30(31)38(45(41,42)28-18-16-27(44-3)17-19-28)22-32(39)37(21-24-14-15-25(34)20-29(24)35)23(2)33(40)36-26-10-6-5-7-11-26/h8-9,12-20,23,26H,4-7,10-11,21-22H2,1-3H3,(H,36,40). The minimum absolute atomic E-state index is 0.0230. The average Bonchev–Trinajstić information content (AvgIpc) is 3.04. The van der Waals surface area contributed by atoms with Crippen molar-refractivity contribution in [1.82, 2.24) is 10.2 Å². The predicted octanol–water partition coefficient (Wildman–Crippen LogP) is 7.18. The molecule has 1 fully saturated rings. The Hall–Kier alpha value is -2.92. The van der Waals surface area contributed by atoms with Gasteiger partial charge in [-0.05, 0) is 87.0 Å². The average molecular weight is 693 g/mol. The number of hydrogen-bond acceptors (Lipinski definition) is 6. The Kier molecular flexibility index (Phi) is 12.5. The van der Waals surface area contributed by atoms with Crippen LogP contribution in [0.1, 0.15) is 51.5 Å². The zero-order valence-corrected chi connectivity index (χ0v) is 28.8. The normalized spacial score (nSPS) is 14.4. The molecule has 0 radical (unpaired) electrons. The molecule has 0 heterocycles. The Balaban J connectivity index is 1.74. The number of hydrogen-bond donors (Lipinski definition) is 1. The fraction of sp³-hybridized carbons (Fsp3) is 0.394. The lowest BCUT2D eigenvalue weighted by molar-refractivity contribution is -0.139. The van der Waals surface area contributed by atoms with Gasteiger partial charge in [0, 0.05) is 27.5 Å². The maximum Gasteiger partial charge on any atom is 0.264 e. The van der Waals surface area contributed by atoms with Crippen LogP contribution < -0.4 is 14.4 Å². The second-order valence-electron chi connectivity index (χ2n) is 10.9. The van der Waals surface area contributed by atoms with Gasteiger partial charge >= 0.3 is 0 Å². The quantitative estimate of drug-likeness (QED) is 0.191. The zero-order chi connectivity index (χ0) is 32.6. The predicted molar refractivity (Wildman–Crippen MR) is 182 cm³/mol. The molecule has 0 saturated heterocycles. The molecule has 45 heavy (non-hydrogen) atoms. The molecule has 0 spiro atoms. The van der Waals surface area contributed by atoms with E-state index >= 15 is 0 Å². The van der Waals surface area contributed by atoms with Crippen molar-refractivity contribution in [2.24, 2.45) is 0 Å². The van der Waals surface area contributed by atoms with Crippen LogP contribution in [0.15, 0.2) is 76.5 Å². The van der Waals surface area contributed by atoms with E-state index in [1.54, 1.807) is 68.4 Å². The highest BCUT2D eigenvalue weighted by atomic mass is 35.5. The molecule has 242 valence electrons. The molecule has 3 aromatic carbocycles. The van der Waals surface area contributed by atoms with Crippen LogP contribution in [0.5, 0.6) is 5.75 Å². The number of carbonyl (C=O) groups excluding carboxylic acids is 2. The van der Waals surface area contributed by atoms with Crippen molar-refractivity contribution in [3.8, 4) is 5.75 Å². The van der Waals surface area contributed by atoms with E-state index in [1.165, 1.54) is 28.8 Å². The number of sulfonamides is 1. The molecule has 0 bridgehead atoms. The fourth-order valence-electron chi connectivity index (χ4n) is 5.31. The summed E-state index contributed by atoms with van der Waals surface area (Å²) < 4.78 is 35.3. The smallest absolute Gasteiger partial charge is 0.264 e. The van der Waals surface area contributed by atoms with Gasteiger partial charge < -0.3 is 15.0 Å². The van der Waals surface area contributed by atoms with Gasteiger partial charge in [-0.25, -0.2) is 8.42 Å². The largest absolute Gasteiger partial charge is 0.492 e. The van der Waals surface area contributed by atoms with E-state index in [4.69, 9.17) is 27.9 Å². The van der Waals surface area contributed by atoms with Crippen molar-refractivity contribution in [3.63, 3.8) is 0 Å². The van der Waals surface area contributed by atoms with Crippen LogP contribution in [0.2, 0.25) is 10.0 Å². The van der Waals surface area contributed by atoms with Crippen LogP contribution in [0.4, 0.5) is 5.69 Å². The molecule has 12 heteroatoms. The van der Waals surface area contributed by atoms with Gasteiger partial charge in [0.15, 0.2) is 0 Å². The number of nitrogens with one attached hydrogen (secondary N) is 1.